The summed E-state index contributed by atoms with van der Waals surface area (Å²) >= 11 is 0. The zero-order chi connectivity index (χ0) is 9.40. The van der Waals surface area contributed by atoms with Crippen molar-refractivity contribution in [3.8, 4) is 0 Å². The third-order valence-electron chi connectivity index (χ3n) is 0.965. The molecule has 0 amide bonds. The largest absolute Gasteiger partial charge is 0.479 e. The maximum absolute atomic E-state index is 10.2. The second kappa shape index (κ2) is 8.81. The second-order valence-electron chi connectivity index (χ2n) is 1.67. The second-order valence-corrected chi connectivity index (χ2v) is 1.67. The van der Waals surface area contributed by atoms with Gasteiger partial charge in [-0.1, -0.05) is 0 Å². The topological polar surface area (TPSA) is 89.8 Å². The first-order valence-corrected chi connectivity index (χ1v) is 2.86. The van der Waals surface area contributed by atoms with Crippen LogP contribution >= 0.6 is 0 Å². The van der Waals surface area contributed by atoms with Crippen LogP contribution in [0.1, 0.15) is 10.4 Å². The molecule has 0 aliphatic rings. The first kappa shape index (κ1) is 14.2. The summed E-state index contributed by atoms with van der Waals surface area (Å²) in [6.07, 6.45) is 0. The first-order valence-electron chi connectivity index (χ1n) is 2.86. The molecule has 1 aromatic rings. The Kier molecular flexibility index (Phi) is 9.65. The molecule has 0 atom stereocenters. The van der Waals surface area contributed by atoms with E-state index in [0.717, 1.165) is 5.34 Å². The number of carbonyl (C=O) groups is 1. The van der Waals surface area contributed by atoms with Crippen LogP contribution in [0.4, 0.5) is 0 Å². The van der Waals surface area contributed by atoms with Gasteiger partial charge in [0.2, 0.25) is 0 Å². The van der Waals surface area contributed by atoms with Gasteiger partial charge in [-0.05, 0) is 5.56 Å². The van der Waals surface area contributed by atoms with Crippen LogP contribution in [0.15, 0.2) is 29.6 Å². The Morgan fingerprint density at radius 2 is 1.85 bits per heavy atom. The van der Waals surface area contributed by atoms with E-state index < -0.39 is 5.97 Å². The predicted molar refractivity (Wildman–Crippen MR) is 41.4 cm³/mol. The molecule has 66 valence electrons. The summed E-state index contributed by atoms with van der Waals surface area (Å²) < 4.78 is 0. The molecule has 0 saturated heterocycles. The van der Waals surface area contributed by atoms with Gasteiger partial charge in [0.05, 0.1) is 0 Å². The van der Waals surface area contributed by atoms with Crippen molar-refractivity contribution in [1.82, 2.24) is 0 Å². The van der Waals surface area contributed by atoms with Gasteiger partial charge in [-0.15, -0.1) is 5.34 Å². The number of carboxylic acid groups (broad SMARTS) is 1. The summed E-state index contributed by atoms with van der Waals surface area (Å²) in [5, 5.41) is 17.4. The van der Waals surface area contributed by atoms with Crippen molar-refractivity contribution in [2.75, 3.05) is 0 Å². The minimum Gasteiger partial charge on any atom is -0.479 e. The van der Waals surface area contributed by atoms with E-state index >= 15 is 0 Å². The number of rotatable bonds is 1. The van der Waals surface area contributed by atoms with Crippen LogP contribution in [0, 0.1) is 16.2 Å². The average molecular weight is 233 g/mol. The molecule has 0 bridgehead atoms. The van der Waals surface area contributed by atoms with E-state index in [2.05, 4.69) is 6.07 Å². The number of carboxylic acids is 1. The summed E-state index contributed by atoms with van der Waals surface area (Å²) in [7, 11) is 0. The Balaban J connectivity index is 0. The number of nitrogens with zero attached hydrogens (tertiary/aromatic N) is 1. The Morgan fingerprint density at radius 3 is 2.08 bits per heavy atom. The number of benzene rings is 1. The van der Waals surface area contributed by atoms with Crippen LogP contribution in [0.3, 0.4) is 0 Å². The van der Waals surface area contributed by atoms with E-state index in [1.165, 1.54) is 12.1 Å². The van der Waals surface area contributed by atoms with E-state index in [1.807, 2.05) is 0 Å². The third-order valence-corrected chi connectivity index (χ3v) is 0.965. The van der Waals surface area contributed by atoms with Crippen LogP contribution in [0.25, 0.3) is 0 Å². The maximum atomic E-state index is 10.2. The van der Waals surface area contributed by atoms with Crippen LogP contribution in [0.5, 0.6) is 0 Å². The van der Waals surface area contributed by atoms with Gasteiger partial charge in [-0.25, -0.2) is 4.79 Å². The molecule has 1 aromatic carbocycles. The molecular formula is C7H5NO4Zn-2. The molecule has 0 fully saturated rings. The van der Waals surface area contributed by atoms with Gasteiger partial charge in [-0.3, -0.25) is 0 Å². The molecule has 0 unspecified atom stereocenters. The third kappa shape index (κ3) is 7.09. The fourth-order valence-electron chi connectivity index (χ4n) is 0.529. The Hall–Kier alpha value is -1.29. The number of aromatic carboxylic acids is 1. The smallest absolute Gasteiger partial charge is 0.311 e. The van der Waals surface area contributed by atoms with Crippen molar-refractivity contribution in [2.45, 2.75) is 0 Å². The first-order chi connectivity index (χ1) is 5.72. The van der Waals surface area contributed by atoms with Gasteiger partial charge in [0.1, 0.15) is 0 Å². The van der Waals surface area contributed by atoms with Crippen LogP contribution < -0.4 is 0 Å². The molecule has 0 aliphatic heterocycles. The molecule has 0 aromatic heterocycles. The van der Waals surface area contributed by atoms with E-state index in [1.54, 1.807) is 12.1 Å². The van der Waals surface area contributed by atoms with Gasteiger partial charge in [0.25, 0.3) is 0 Å². The summed E-state index contributed by atoms with van der Waals surface area (Å²) in [6, 6.07) is 8.87. The molecule has 13 heavy (non-hydrogen) atoms. The summed E-state index contributed by atoms with van der Waals surface area (Å²) in [4.78, 5) is 18.2. The monoisotopic (exact) mass is 231 g/mol. The Bertz CT molecular complexity index is 252. The fourth-order valence-corrected chi connectivity index (χ4v) is 0.529. The van der Waals surface area contributed by atoms with Gasteiger partial charge in [-0.2, -0.15) is 30.3 Å². The molecule has 0 radical (unpaired) electrons. The molecule has 1 rings (SSSR count). The Morgan fingerprint density at radius 1 is 1.46 bits per heavy atom. The van der Waals surface area contributed by atoms with Crippen molar-refractivity contribution in [3.63, 3.8) is 0 Å². The van der Waals surface area contributed by atoms with Gasteiger partial charge >= 0.3 is 5.97 Å². The quantitative estimate of drug-likeness (QED) is 0.343. The molecule has 5 nitrogen and oxygen atoms in total. The molecule has 6 heteroatoms. The zero-order valence-electron chi connectivity index (χ0n) is 6.64. The summed E-state index contributed by atoms with van der Waals surface area (Å²) in [6.45, 7) is 0. The predicted octanol–water partition coefficient (Wildman–Crippen LogP) is 1.43. The standard InChI is InChI=1S/C7H5O2.HNO2.Zn/c8-7(9)6-4-2-1-3-5-6;2-1-3;/h2-5H,(H,8,9);(H,2,3);/q-1;;/p-1. The van der Waals surface area contributed by atoms with Crippen LogP contribution in [-0.4, -0.2) is 11.1 Å². The molecule has 0 aliphatic carbocycles. The van der Waals surface area contributed by atoms with Gasteiger partial charge in [0.15, 0.2) is 0 Å². The zero-order valence-corrected chi connectivity index (χ0v) is 9.60. The van der Waals surface area contributed by atoms with E-state index in [9.17, 15) is 4.79 Å². The molecule has 0 heterocycles. The molecule has 0 saturated carbocycles. The van der Waals surface area contributed by atoms with E-state index in [-0.39, 0.29) is 19.5 Å². The van der Waals surface area contributed by atoms with E-state index in [4.69, 9.17) is 15.2 Å². The minimum absolute atomic E-state index is 0. The molecule has 1 N–H and O–H groups in total. The summed E-state index contributed by atoms with van der Waals surface area (Å²) in [5.74, 6) is -0.899. The van der Waals surface area contributed by atoms with E-state index in [0.29, 0.717) is 5.56 Å². The van der Waals surface area contributed by atoms with Crippen LogP contribution in [0.2, 0.25) is 0 Å². The number of hydrogen-bond donors (Lipinski definition) is 1. The van der Waals surface area contributed by atoms with Crippen molar-refractivity contribution in [3.05, 3.63) is 46.0 Å². The van der Waals surface area contributed by atoms with Crippen molar-refractivity contribution < 1.29 is 29.4 Å². The molecular weight excluding hydrogens is 227 g/mol. The normalized spacial score (nSPS) is 7.08. The van der Waals surface area contributed by atoms with Gasteiger partial charge < -0.3 is 15.2 Å². The van der Waals surface area contributed by atoms with Crippen molar-refractivity contribution in [2.24, 2.45) is 5.34 Å². The van der Waals surface area contributed by atoms with Crippen molar-refractivity contribution >= 4 is 5.97 Å². The number of hydrogen-bond acceptors (Lipinski definition) is 4. The fraction of sp³-hybridized carbons (Fsp3) is 0. The SMILES string of the molecule is O=C(O)c1cc[c-]cc1.O=N[O-].[Zn]. The van der Waals surface area contributed by atoms with Crippen molar-refractivity contribution in [1.29, 1.82) is 0 Å². The Labute approximate surface area is 87.1 Å². The van der Waals surface area contributed by atoms with Crippen LogP contribution in [-0.2, 0) is 19.5 Å². The van der Waals surface area contributed by atoms with Gasteiger partial charge in [0, 0.05) is 19.5 Å². The summed E-state index contributed by atoms with van der Waals surface area (Å²) in [5.41, 5.74) is 0.300. The maximum Gasteiger partial charge on any atom is 0.311 e. The molecule has 0 spiro atoms. The average Bonchev–Trinajstić information content (AvgIpc) is 2.07. The minimum atomic E-state index is -0.899.